The van der Waals surface area contributed by atoms with Gasteiger partial charge in [-0.2, -0.15) is 0 Å². The lowest BCUT2D eigenvalue weighted by Gasteiger charge is -2.34. The second-order valence-electron chi connectivity index (χ2n) is 3.97. The van der Waals surface area contributed by atoms with Crippen LogP contribution in [0.15, 0.2) is 0 Å². The van der Waals surface area contributed by atoms with Crippen LogP contribution in [-0.2, 0) is 0 Å². The zero-order chi connectivity index (χ0) is 8.27. The molecule has 11 heavy (non-hydrogen) atoms. The smallest absolute Gasteiger partial charge is 0.0220 e. The second kappa shape index (κ2) is 4.07. The van der Waals surface area contributed by atoms with Gasteiger partial charge in [0, 0.05) is 25.7 Å². The molecule has 1 saturated heterocycles. The van der Waals surface area contributed by atoms with Gasteiger partial charge in [0.1, 0.15) is 0 Å². The van der Waals surface area contributed by atoms with Crippen molar-refractivity contribution in [2.75, 3.05) is 26.7 Å². The Kier molecular flexibility index (Phi) is 3.34. The molecule has 1 aliphatic heterocycles. The molecule has 0 aliphatic carbocycles. The van der Waals surface area contributed by atoms with Crippen LogP contribution in [0.25, 0.3) is 0 Å². The second-order valence-corrected chi connectivity index (χ2v) is 3.97. The van der Waals surface area contributed by atoms with E-state index in [1.54, 1.807) is 0 Å². The summed E-state index contributed by atoms with van der Waals surface area (Å²) in [7, 11) is 2.23. The SMILES string of the molecule is CC(C)C[C@H]1CNCCN1C. The van der Waals surface area contributed by atoms with Crippen LogP contribution in [0.2, 0.25) is 0 Å². The van der Waals surface area contributed by atoms with E-state index in [2.05, 4.69) is 31.1 Å². The number of likely N-dealkylation sites (N-methyl/N-ethyl adjacent to an activating group) is 1. The highest BCUT2D eigenvalue weighted by Crippen LogP contribution is 2.10. The molecule has 1 fully saturated rings. The van der Waals surface area contributed by atoms with E-state index in [1.807, 2.05) is 0 Å². The van der Waals surface area contributed by atoms with Crippen LogP contribution in [0.3, 0.4) is 0 Å². The Bertz CT molecular complexity index is 112. The average molecular weight is 156 g/mol. The van der Waals surface area contributed by atoms with E-state index in [4.69, 9.17) is 0 Å². The van der Waals surface area contributed by atoms with Gasteiger partial charge in [-0.3, -0.25) is 0 Å². The average Bonchev–Trinajstić information content (AvgIpc) is 1.93. The van der Waals surface area contributed by atoms with Gasteiger partial charge in [0.15, 0.2) is 0 Å². The van der Waals surface area contributed by atoms with Crippen LogP contribution in [0, 0.1) is 5.92 Å². The molecule has 0 radical (unpaired) electrons. The van der Waals surface area contributed by atoms with E-state index >= 15 is 0 Å². The van der Waals surface area contributed by atoms with Gasteiger partial charge in [0.25, 0.3) is 0 Å². The molecule has 1 heterocycles. The van der Waals surface area contributed by atoms with Crippen molar-refractivity contribution in [1.82, 2.24) is 10.2 Å². The molecule has 0 spiro atoms. The Morgan fingerprint density at radius 3 is 2.82 bits per heavy atom. The van der Waals surface area contributed by atoms with E-state index in [0.717, 1.165) is 18.5 Å². The molecule has 0 saturated carbocycles. The summed E-state index contributed by atoms with van der Waals surface area (Å²) in [6, 6.07) is 0.767. The van der Waals surface area contributed by atoms with Crippen molar-refractivity contribution in [3.63, 3.8) is 0 Å². The molecule has 0 aromatic rings. The molecule has 1 atom stereocenters. The van der Waals surface area contributed by atoms with Crippen molar-refractivity contribution in [3.8, 4) is 0 Å². The molecular formula is C9H20N2. The number of rotatable bonds is 2. The molecule has 2 heteroatoms. The molecule has 1 aliphatic rings. The molecule has 0 unspecified atom stereocenters. The molecule has 0 amide bonds. The van der Waals surface area contributed by atoms with Crippen molar-refractivity contribution in [2.45, 2.75) is 26.3 Å². The van der Waals surface area contributed by atoms with E-state index in [9.17, 15) is 0 Å². The third kappa shape index (κ3) is 2.80. The zero-order valence-corrected chi connectivity index (χ0v) is 7.93. The van der Waals surface area contributed by atoms with Crippen molar-refractivity contribution in [3.05, 3.63) is 0 Å². The van der Waals surface area contributed by atoms with Gasteiger partial charge < -0.3 is 10.2 Å². The first-order valence-electron chi connectivity index (χ1n) is 4.61. The van der Waals surface area contributed by atoms with Crippen LogP contribution in [0.5, 0.6) is 0 Å². The van der Waals surface area contributed by atoms with Gasteiger partial charge in [-0.1, -0.05) is 13.8 Å². The van der Waals surface area contributed by atoms with Crippen LogP contribution in [0.4, 0.5) is 0 Å². The molecule has 1 N–H and O–H groups in total. The highest BCUT2D eigenvalue weighted by molar-refractivity contribution is 4.77. The summed E-state index contributed by atoms with van der Waals surface area (Å²) in [4.78, 5) is 2.47. The van der Waals surface area contributed by atoms with Crippen LogP contribution < -0.4 is 5.32 Å². The highest BCUT2D eigenvalue weighted by atomic mass is 15.2. The summed E-state index contributed by atoms with van der Waals surface area (Å²) in [6.45, 7) is 8.13. The summed E-state index contributed by atoms with van der Waals surface area (Å²) in [5.74, 6) is 0.822. The standard InChI is InChI=1S/C9H20N2/c1-8(2)6-9-7-10-4-5-11(9)3/h8-10H,4-7H2,1-3H3/t9-/m0/s1. The largest absolute Gasteiger partial charge is 0.314 e. The summed E-state index contributed by atoms with van der Waals surface area (Å²) >= 11 is 0. The number of nitrogens with zero attached hydrogens (tertiary/aromatic N) is 1. The maximum absolute atomic E-state index is 3.43. The topological polar surface area (TPSA) is 15.3 Å². The summed E-state index contributed by atoms with van der Waals surface area (Å²) in [6.07, 6.45) is 1.32. The monoisotopic (exact) mass is 156 g/mol. The molecule has 66 valence electrons. The minimum atomic E-state index is 0.767. The van der Waals surface area contributed by atoms with E-state index in [1.165, 1.54) is 19.5 Å². The molecule has 0 aromatic carbocycles. The predicted molar refractivity (Wildman–Crippen MR) is 48.7 cm³/mol. The minimum absolute atomic E-state index is 0.767. The maximum Gasteiger partial charge on any atom is 0.0220 e. The van der Waals surface area contributed by atoms with Gasteiger partial charge in [0.05, 0.1) is 0 Å². The molecule has 2 nitrogen and oxygen atoms in total. The Morgan fingerprint density at radius 2 is 2.27 bits per heavy atom. The van der Waals surface area contributed by atoms with Crippen LogP contribution in [0.1, 0.15) is 20.3 Å². The number of piperazine rings is 1. The Hall–Kier alpha value is -0.0800. The van der Waals surface area contributed by atoms with Gasteiger partial charge in [-0.25, -0.2) is 0 Å². The lowest BCUT2D eigenvalue weighted by Crippen LogP contribution is -2.49. The van der Waals surface area contributed by atoms with Crippen LogP contribution >= 0.6 is 0 Å². The summed E-state index contributed by atoms with van der Waals surface area (Å²) in [5, 5.41) is 3.43. The fourth-order valence-electron chi connectivity index (χ4n) is 1.67. The highest BCUT2D eigenvalue weighted by Gasteiger charge is 2.18. The lowest BCUT2D eigenvalue weighted by atomic mass is 10.0. The zero-order valence-electron chi connectivity index (χ0n) is 7.93. The van der Waals surface area contributed by atoms with E-state index in [0.29, 0.717) is 0 Å². The number of nitrogens with one attached hydrogen (secondary N) is 1. The molecule has 0 aromatic heterocycles. The van der Waals surface area contributed by atoms with Gasteiger partial charge in [-0.15, -0.1) is 0 Å². The van der Waals surface area contributed by atoms with Crippen molar-refractivity contribution < 1.29 is 0 Å². The number of hydrogen-bond acceptors (Lipinski definition) is 2. The predicted octanol–water partition coefficient (Wildman–Crippen LogP) is 0.936. The maximum atomic E-state index is 3.43. The third-order valence-corrected chi connectivity index (χ3v) is 2.39. The van der Waals surface area contributed by atoms with Gasteiger partial charge in [0.2, 0.25) is 0 Å². The van der Waals surface area contributed by atoms with E-state index < -0.39 is 0 Å². The van der Waals surface area contributed by atoms with Crippen molar-refractivity contribution >= 4 is 0 Å². The first kappa shape index (κ1) is 9.01. The Morgan fingerprint density at radius 1 is 1.55 bits per heavy atom. The lowest BCUT2D eigenvalue weighted by molar-refractivity contribution is 0.176. The molecule has 0 bridgehead atoms. The van der Waals surface area contributed by atoms with Crippen molar-refractivity contribution in [2.24, 2.45) is 5.92 Å². The minimum Gasteiger partial charge on any atom is -0.314 e. The summed E-state index contributed by atoms with van der Waals surface area (Å²) < 4.78 is 0. The normalized spacial score (nSPS) is 27.8. The Labute approximate surface area is 70.0 Å². The quantitative estimate of drug-likeness (QED) is 0.640. The van der Waals surface area contributed by atoms with Gasteiger partial charge in [-0.05, 0) is 19.4 Å². The fourth-order valence-corrected chi connectivity index (χ4v) is 1.67. The van der Waals surface area contributed by atoms with Gasteiger partial charge >= 0.3 is 0 Å². The first-order chi connectivity index (χ1) is 5.20. The third-order valence-electron chi connectivity index (χ3n) is 2.39. The summed E-state index contributed by atoms with van der Waals surface area (Å²) in [5.41, 5.74) is 0. The molecule has 1 rings (SSSR count). The van der Waals surface area contributed by atoms with E-state index in [-0.39, 0.29) is 0 Å². The fraction of sp³-hybridized carbons (Fsp3) is 1.00. The van der Waals surface area contributed by atoms with Crippen molar-refractivity contribution in [1.29, 1.82) is 0 Å². The Balaban J connectivity index is 2.29. The first-order valence-corrected chi connectivity index (χ1v) is 4.61. The number of hydrogen-bond donors (Lipinski definition) is 1. The molecular weight excluding hydrogens is 136 g/mol. The van der Waals surface area contributed by atoms with Crippen LogP contribution in [-0.4, -0.2) is 37.6 Å².